The minimum atomic E-state index is -0.0118. The molecule has 1 amide bonds. The maximum atomic E-state index is 12.3. The Kier molecular flexibility index (Phi) is 3.74. The van der Waals surface area contributed by atoms with Gasteiger partial charge in [0.2, 0.25) is 5.91 Å². The predicted molar refractivity (Wildman–Crippen MR) is 80.0 cm³/mol. The topological polar surface area (TPSA) is 49.3 Å². The second-order valence-corrected chi connectivity index (χ2v) is 6.13. The summed E-state index contributed by atoms with van der Waals surface area (Å²) in [5.41, 5.74) is 2.12. The van der Waals surface area contributed by atoms with Crippen LogP contribution in [0.25, 0.3) is 0 Å². The third-order valence-electron chi connectivity index (χ3n) is 3.75. The fraction of sp³-hybridized carbons (Fsp3) is 0.312. The van der Waals surface area contributed by atoms with Crippen molar-refractivity contribution in [2.45, 2.75) is 31.7 Å². The summed E-state index contributed by atoms with van der Waals surface area (Å²) in [6.07, 6.45) is 3.11. The molecule has 3 rings (SSSR count). The fourth-order valence-corrected chi connectivity index (χ4v) is 3.73. The van der Waals surface area contributed by atoms with Crippen LogP contribution in [0.15, 0.2) is 35.7 Å². The number of aromatic hydroxyl groups is 1. The standard InChI is InChI=1S/C16H17NO2S/c18-12-4-1-3-11(9-12)10-17-16(19)14-5-2-6-15-13(14)7-8-20-15/h1,3-4,7-9,14,18H,2,5-6,10H2,(H,17,19). The molecular formula is C16H17NO2S. The lowest BCUT2D eigenvalue weighted by molar-refractivity contribution is -0.123. The van der Waals surface area contributed by atoms with E-state index in [0.29, 0.717) is 6.54 Å². The first-order valence-corrected chi connectivity index (χ1v) is 7.74. The molecular weight excluding hydrogens is 270 g/mol. The molecule has 1 aromatic heterocycles. The van der Waals surface area contributed by atoms with Crippen LogP contribution in [-0.4, -0.2) is 11.0 Å². The van der Waals surface area contributed by atoms with Crippen molar-refractivity contribution in [3.8, 4) is 5.75 Å². The van der Waals surface area contributed by atoms with Gasteiger partial charge >= 0.3 is 0 Å². The molecule has 0 fully saturated rings. The van der Waals surface area contributed by atoms with Crippen LogP contribution in [0, 0.1) is 0 Å². The van der Waals surface area contributed by atoms with E-state index in [2.05, 4.69) is 16.8 Å². The molecule has 20 heavy (non-hydrogen) atoms. The number of rotatable bonds is 3. The van der Waals surface area contributed by atoms with Crippen molar-refractivity contribution in [3.63, 3.8) is 0 Å². The Labute approximate surface area is 122 Å². The second-order valence-electron chi connectivity index (χ2n) is 5.13. The van der Waals surface area contributed by atoms with Gasteiger partial charge in [0.25, 0.3) is 0 Å². The molecule has 2 N–H and O–H groups in total. The summed E-state index contributed by atoms with van der Waals surface area (Å²) < 4.78 is 0. The molecule has 104 valence electrons. The van der Waals surface area contributed by atoms with Gasteiger partial charge in [0.1, 0.15) is 5.75 Å². The lowest BCUT2D eigenvalue weighted by Gasteiger charge is -2.21. The highest BCUT2D eigenvalue weighted by Crippen LogP contribution is 2.35. The van der Waals surface area contributed by atoms with Gasteiger partial charge in [-0.3, -0.25) is 4.79 Å². The molecule has 0 radical (unpaired) electrons. The summed E-state index contributed by atoms with van der Waals surface area (Å²) in [4.78, 5) is 13.7. The maximum Gasteiger partial charge on any atom is 0.227 e. The summed E-state index contributed by atoms with van der Waals surface area (Å²) in [7, 11) is 0. The summed E-state index contributed by atoms with van der Waals surface area (Å²) >= 11 is 1.75. The van der Waals surface area contributed by atoms with E-state index in [9.17, 15) is 9.90 Å². The summed E-state index contributed by atoms with van der Waals surface area (Å²) in [5.74, 6) is 0.310. The van der Waals surface area contributed by atoms with Crippen molar-refractivity contribution in [2.75, 3.05) is 0 Å². The van der Waals surface area contributed by atoms with Crippen LogP contribution in [0.4, 0.5) is 0 Å². The smallest absolute Gasteiger partial charge is 0.227 e. The molecule has 4 heteroatoms. The SMILES string of the molecule is O=C(NCc1cccc(O)c1)C1CCCc2sccc21. The van der Waals surface area contributed by atoms with Crippen molar-refractivity contribution in [3.05, 3.63) is 51.7 Å². The van der Waals surface area contributed by atoms with E-state index >= 15 is 0 Å². The van der Waals surface area contributed by atoms with Crippen LogP contribution < -0.4 is 5.32 Å². The molecule has 1 aromatic carbocycles. The Morgan fingerprint density at radius 2 is 2.30 bits per heavy atom. The quantitative estimate of drug-likeness (QED) is 0.911. The van der Waals surface area contributed by atoms with Crippen LogP contribution in [-0.2, 0) is 17.8 Å². The van der Waals surface area contributed by atoms with Gasteiger partial charge in [-0.2, -0.15) is 0 Å². The van der Waals surface area contributed by atoms with Gasteiger partial charge in [-0.25, -0.2) is 0 Å². The van der Waals surface area contributed by atoms with Gasteiger partial charge in [-0.15, -0.1) is 11.3 Å². The molecule has 0 spiro atoms. The predicted octanol–water partition coefficient (Wildman–Crippen LogP) is 3.19. The normalized spacial score (nSPS) is 17.5. The number of fused-ring (bicyclic) bond motifs is 1. The maximum absolute atomic E-state index is 12.3. The monoisotopic (exact) mass is 287 g/mol. The summed E-state index contributed by atoms with van der Waals surface area (Å²) in [5, 5.41) is 14.5. The van der Waals surface area contributed by atoms with E-state index in [0.717, 1.165) is 24.8 Å². The Balaban J connectivity index is 1.66. The van der Waals surface area contributed by atoms with Crippen molar-refractivity contribution in [1.29, 1.82) is 0 Å². The van der Waals surface area contributed by atoms with Gasteiger partial charge in [-0.1, -0.05) is 12.1 Å². The van der Waals surface area contributed by atoms with Crippen LogP contribution in [0.5, 0.6) is 5.75 Å². The largest absolute Gasteiger partial charge is 0.508 e. The fourth-order valence-electron chi connectivity index (χ4n) is 2.74. The average molecular weight is 287 g/mol. The molecule has 0 bridgehead atoms. The highest BCUT2D eigenvalue weighted by atomic mass is 32.1. The average Bonchev–Trinajstić information content (AvgIpc) is 2.93. The molecule has 1 heterocycles. The number of aryl methyl sites for hydroxylation is 1. The molecule has 0 saturated heterocycles. The van der Waals surface area contributed by atoms with Gasteiger partial charge in [-0.05, 0) is 54.0 Å². The number of carbonyl (C=O) groups is 1. The number of phenols is 1. The number of phenolic OH excluding ortho intramolecular Hbond substituents is 1. The van der Waals surface area contributed by atoms with Gasteiger partial charge in [0, 0.05) is 11.4 Å². The molecule has 1 unspecified atom stereocenters. The number of nitrogens with one attached hydrogen (secondary N) is 1. The minimum Gasteiger partial charge on any atom is -0.508 e. The van der Waals surface area contributed by atoms with Crippen molar-refractivity contribution >= 4 is 17.2 Å². The van der Waals surface area contributed by atoms with Gasteiger partial charge in [0.15, 0.2) is 0 Å². The first kappa shape index (κ1) is 13.2. The van der Waals surface area contributed by atoms with Gasteiger partial charge in [0.05, 0.1) is 5.92 Å². The molecule has 1 aliphatic carbocycles. The number of hydrogen-bond donors (Lipinski definition) is 2. The van der Waals surface area contributed by atoms with Gasteiger partial charge < -0.3 is 10.4 Å². The van der Waals surface area contributed by atoms with Crippen molar-refractivity contribution in [2.24, 2.45) is 0 Å². The highest BCUT2D eigenvalue weighted by Gasteiger charge is 2.26. The zero-order valence-corrected chi connectivity index (χ0v) is 12.0. The molecule has 0 saturated carbocycles. The van der Waals surface area contributed by atoms with Crippen molar-refractivity contribution < 1.29 is 9.90 Å². The number of hydrogen-bond acceptors (Lipinski definition) is 3. The molecule has 0 aliphatic heterocycles. The Morgan fingerprint density at radius 3 is 3.15 bits per heavy atom. The van der Waals surface area contributed by atoms with E-state index in [1.807, 2.05) is 6.07 Å². The van der Waals surface area contributed by atoms with E-state index < -0.39 is 0 Å². The third kappa shape index (κ3) is 2.70. The molecule has 2 aromatic rings. The van der Waals surface area contributed by atoms with E-state index in [1.165, 1.54) is 10.4 Å². The highest BCUT2D eigenvalue weighted by molar-refractivity contribution is 7.10. The van der Waals surface area contributed by atoms with Crippen LogP contribution >= 0.6 is 11.3 Å². The van der Waals surface area contributed by atoms with Crippen molar-refractivity contribution in [1.82, 2.24) is 5.32 Å². The molecule has 1 aliphatic rings. The second kappa shape index (κ2) is 5.67. The zero-order chi connectivity index (χ0) is 13.9. The molecule has 3 nitrogen and oxygen atoms in total. The number of carbonyl (C=O) groups excluding carboxylic acids is 1. The van der Waals surface area contributed by atoms with Crippen LogP contribution in [0.3, 0.4) is 0 Å². The zero-order valence-electron chi connectivity index (χ0n) is 11.1. The van der Waals surface area contributed by atoms with E-state index in [4.69, 9.17) is 0 Å². The third-order valence-corrected chi connectivity index (χ3v) is 4.74. The minimum absolute atomic E-state index is 0.0118. The lowest BCUT2D eigenvalue weighted by Crippen LogP contribution is -2.30. The Bertz CT molecular complexity index is 620. The molecule has 1 atom stereocenters. The lowest BCUT2D eigenvalue weighted by atomic mass is 9.87. The number of thiophene rings is 1. The van der Waals surface area contributed by atoms with E-state index in [-0.39, 0.29) is 17.6 Å². The Hall–Kier alpha value is -1.81. The summed E-state index contributed by atoms with van der Waals surface area (Å²) in [6, 6.07) is 9.07. The van der Waals surface area contributed by atoms with Crippen LogP contribution in [0.1, 0.15) is 34.8 Å². The number of amides is 1. The first-order valence-electron chi connectivity index (χ1n) is 6.86. The Morgan fingerprint density at radius 1 is 1.40 bits per heavy atom. The van der Waals surface area contributed by atoms with Crippen LogP contribution in [0.2, 0.25) is 0 Å². The number of benzene rings is 1. The van der Waals surface area contributed by atoms with E-state index in [1.54, 1.807) is 29.5 Å². The first-order chi connectivity index (χ1) is 9.74. The summed E-state index contributed by atoms with van der Waals surface area (Å²) in [6.45, 7) is 0.462.